The molecular weight excluding hydrogens is 557 g/mol. The van der Waals surface area contributed by atoms with E-state index in [0.717, 1.165) is 38.3 Å². The van der Waals surface area contributed by atoms with Crippen molar-refractivity contribution >= 4 is 21.8 Å². The number of fused-ring (bicyclic) bond motifs is 3. The summed E-state index contributed by atoms with van der Waals surface area (Å²) in [7, 11) is 0. The van der Waals surface area contributed by atoms with Crippen LogP contribution in [0, 0.1) is 18.6 Å². The lowest BCUT2D eigenvalue weighted by atomic mass is 9.91. The standard InChI is InChI=1S/C30H30F5N5O2/c1-16-9-21-19(13-37-40(21)22-5-2-3-8-41-22)24(23(16)28(34)35)25-20(32)10-17-12-36-29(38-27(17)26(25)33)42-15-30-6-4-7-39(30)14-18(31)11-30/h9-10,12-13,18,22,28H,2-8,11,14-15H2,1H3/t18-,22?,30+/m1/s1. The molecule has 2 aromatic carbocycles. The van der Waals surface area contributed by atoms with Crippen LogP contribution < -0.4 is 4.74 Å². The molecule has 0 N–H and O–H groups in total. The largest absolute Gasteiger partial charge is 0.461 e. The van der Waals surface area contributed by atoms with Crippen LogP contribution in [-0.4, -0.2) is 62.7 Å². The van der Waals surface area contributed by atoms with E-state index in [9.17, 15) is 13.2 Å². The minimum atomic E-state index is -3.00. The number of hydrogen-bond donors (Lipinski definition) is 0. The van der Waals surface area contributed by atoms with Gasteiger partial charge in [0.25, 0.3) is 6.43 Å². The molecule has 0 radical (unpaired) electrons. The molecular formula is C30H30F5N5O2. The minimum Gasteiger partial charge on any atom is -0.461 e. The normalized spacial score (nSPS) is 24.7. The summed E-state index contributed by atoms with van der Waals surface area (Å²) < 4.78 is 88.5. The first kappa shape index (κ1) is 27.5. The van der Waals surface area contributed by atoms with E-state index < -0.39 is 47.1 Å². The van der Waals surface area contributed by atoms with E-state index in [1.165, 1.54) is 19.3 Å². The van der Waals surface area contributed by atoms with E-state index >= 15 is 8.78 Å². The first-order chi connectivity index (χ1) is 20.3. The van der Waals surface area contributed by atoms with E-state index in [1.54, 1.807) is 10.7 Å². The van der Waals surface area contributed by atoms with Gasteiger partial charge < -0.3 is 9.47 Å². The predicted octanol–water partition coefficient (Wildman–Crippen LogP) is 6.83. The fourth-order valence-corrected chi connectivity index (χ4v) is 7.06. The van der Waals surface area contributed by atoms with Crippen molar-refractivity contribution in [2.24, 2.45) is 0 Å². The molecule has 7 nitrogen and oxygen atoms in total. The summed E-state index contributed by atoms with van der Waals surface area (Å²) in [6.45, 7) is 3.29. The van der Waals surface area contributed by atoms with Gasteiger partial charge in [-0.3, -0.25) is 4.90 Å². The molecule has 5 heterocycles. The maximum absolute atomic E-state index is 16.3. The minimum absolute atomic E-state index is 0.0558. The van der Waals surface area contributed by atoms with Crippen LogP contribution in [0.1, 0.15) is 62.3 Å². The van der Waals surface area contributed by atoms with Gasteiger partial charge in [0.1, 0.15) is 24.1 Å². The molecule has 0 spiro atoms. The van der Waals surface area contributed by atoms with Crippen LogP contribution in [0.4, 0.5) is 22.0 Å². The zero-order chi connectivity index (χ0) is 29.2. The SMILES string of the molecule is Cc1cc2c(cnn2C2CCCCO2)c(-c2c(F)cc3cnc(OC[C@@]45CCCN4C[C@H](F)C5)nc3c2F)c1C(F)F. The van der Waals surface area contributed by atoms with Crippen molar-refractivity contribution in [1.29, 1.82) is 0 Å². The van der Waals surface area contributed by atoms with Gasteiger partial charge in [0.2, 0.25) is 0 Å². The summed E-state index contributed by atoms with van der Waals surface area (Å²) in [5.41, 5.74) is -1.45. The Hall–Kier alpha value is -3.38. The van der Waals surface area contributed by atoms with Crippen LogP contribution in [-0.2, 0) is 4.74 Å². The molecule has 3 atom stereocenters. The number of rotatable bonds is 6. The van der Waals surface area contributed by atoms with Gasteiger partial charge in [-0.2, -0.15) is 10.1 Å². The molecule has 3 aliphatic rings. The van der Waals surface area contributed by atoms with E-state index in [1.807, 2.05) is 0 Å². The van der Waals surface area contributed by atoms with Crippen LogP contribution in [0.15, 0.2) is 24.5 Å². The van der Waals surface area contributed by atoms with E-state index in [2.05, 4.69) is 20.0 Å². The second kappa shape index (κ2) is 10.4. The Balaban J connectivity index is 1.33. The summed E-state index contributed by atoms with van der Waals surface area (Å²) in [6, 6.07) is 2.46. The number of nitrogens with zero attached hydrogens (tertiary/aromatic N) is 5. The molecule has 3 fully saturated rings. The van der Waals surface area contributed by atoms with Gasteiger partial charge in [-0.15, -0.1) is 0 Å². The Bertz CT molecular complexity index is 1670. The molecule has 0 saturated carbocycles. The first-order valence-corrected chi connectivity index (χ1v) is 14.3. The molecule has 0 bridgehead atoms. The Morgan fingerprint density at radius 1 is 1.14 bits per heavy atom. The molecule has 42 heavy (non-hydrogen) atoms. The van der Waals surface area contributed by atoms with Crippen molar-refractivity contribution in [3.05, 3.63) is 47.3 Å². The first-order valence-electron chi connectivity index (χ1n) is 14.3. The second-order valence-electron chi connectivity index (χ2n) is 11.6. The van der Waals surface area contributed by atoms with Crippen LogP contribution in [0.25, 0.3) is 32.9 Å². The maximum Gasteiger partial charge on any atom is 0.317 e. The predicted molar refractivity (Wildman–Crippen MR) is 145 cm³/mol. The smallest absolute Gasteiger partial charge is 0.317 e. The van der Waals surface area contributed by atoms with E-state index in [0.29, 0.717) is 31.5 Å². The topological polar surface area (TPSA) is 65.3 Å². The summed E-state index contributed by atoms with van der Waals surface area (Å²) in [4.78, 5) is 10.4. The van der Waals surface area contributed by atoms with Crippen LogP contribution in [0.2, 0.25) is 0 Å². The Morgan fingerprint density at radius 3 is 2.79 bits per heavy atom. The zero-order valence-corrected chi connectivity index (χ0v) is 23.1. The van der Waals surface area contributed by atoms with Crippen molar-refractivity contribution in [2.45, 2.75) is 69.8 Å². The average molecular weight is 588 g/mol. The number of halogens is 5. The molecule has 0 amide bonds. The van der Waals surface area contributed by atoms with E-state index in [-0.39, 0.29) is 40.0 Å². The molecule has 4 aromatic rings. The van der Waals surface area contributed by atoms with Crippen molar-refractivity contribution in [2.75, 3.05) is 26.3 Å². The third-order valence-corrected chi connectivity index (χ3v) is 9.02. The highest BCUT2D eigenvalue weighted by atomic mass is 19.3. The molecule has 222 valence electrons. The van der Waals surface area contributed by atoms with Gasteiger partial charge in [-0.05, 0) is 63.3 Å². The molecule has 3 aliphatic heterocycles. The monoisotopic (exact) mass is 587 g/mol. The van der Waals surface area contributed by atoms with Gasteiger partial charge in [0.15, 0.2) is 12.0 Å². The number of aryl methyl sites for hydroxylation is 1. The highest BCUT2D eigenvalue weighted by Gasteiger charge is 2.49. The van der Waals surface area contributed by atoms with Crippen molar-refractivity contribution in [3.63, 3.8) is 0 Å². The number of benzene rings is 2. The van der Waals surface area contributed by atoms with Crippen LogP contribution in [0.3, 0.4) is 0 Å². The lowest BCUT2D eigenvalue weighted by Gasteiger charge is -2.30. The molecule has 12 heteroatoms. The summed E-state index contributed by atoms with van der Waals surface area (Å²) in [6.07, 6.45) is 2.79. The second-order valence-corrected chi connectivity index (χ2v) is 11.6. The van der Waals surface area contributed by atoms with Crippen molar-refractivity contribution in [1.82, 2.24) is 24.6 Å². The lowest BCUT2D eigenvalue weighted by Crippen LogP contribution is -2.43. The highest BCUT2D eigenvalue weighted by Crippen LogP contribution is 2.44. The molecule has 1 unspecified atom stereocenters. The van der Waals surface area contributed by atoms with Crippen molar-refractivity contribution in [3.8, 4) is 17.1 Å². The maximum atomic E-state index is 16.3. The van der Waals surface area contributed by atoms with E-state index in [4.69, 9.17) is 9.47 Å². The molecule has 2 aromatic heterocycles. The molecule has 3 saturated heterocycles. The summed E-state index contributed by atoms with van der Waals surface area (Å²) >= 11 is 0. The summed E-state index contributed by atoms with van der Waals surface area (Å²) in [5.74, 6) is -2.12. The van der Waals surface area contributed by atoms with Gasteiger partial charge in [-0.1, -0.05) is 0 Å². The fraction of sp³-hybridized carbons (Fsp3) is 0.500. The summed E-state index contributed by atoms with van der Waals surface area (Å²) in [5, 5.41) is 4.65. The Labute approximate surface area is 238 Å². The third kappa shape index (κ3) is 4.41. The highest BCUT2D eigenvalue weighted by molar-refractivity contribution is 6.00. The fourth-order valence-electron chi connectivity index (χ4n) is 7.06. The number of ether oxygens (including phenoxy) is 2. The molecule has 0 aliphatic carbocycles. The van der Waals surface area contributed by atoms with Gasteiger partial charge in [0, 0.05) is 47.7 Å². The molecule has 7 rings (SSSR count). The Kier molecular flexibility index (Phi) is 6.80. The zero-order valence-electron chi connectivity index (χ0n) is 23.1. The lowest BCUT2D eigenvalue weighted by molar-refractivity contribution is -0.0366. The van der Waals surface area contributed by atoms with Crippen molar-refractivity contribution < 1.29 is 31.4 Å². The van der Waals surface area contributed by atoms with Gasteiger partial charge in [-0.25, -0.2) is 31.6 Å². The van der Waals surface area contributed by atoms with Gasteiger partial charge >= 0.3 is 6.01 Å². The number of aromatic nitrogens is 4. The third-order valence-electron chi connectivity index (χ3n) is 9.02. The quantitative estimate of drug-likeness (QED) is 0.231. The number of hydrogen-bond acceptors (Lipinski definition) is 6. The van der Waals surface area contributed by atoms with Crippen LogP contribution >= 0.6 is 0 Å². The van der Waals surface area contributed by atoms with Crippen LogP contribution in [0.5, 0.6) is 6.01 Å². The Morgan fingerprint density at radius 2 is 2.00 bits per heavy atom. The number of alkyl halides is 3. The van der Waals surface area contributed by atoms with Gasteiger partial charge in [0.05, 0.1) is 22.8 Å². The average Bonchev–Trinajstić information content (AvgIpc) is 3.64.